The van der Waals surface area contributed by atoms with Crippen molar-refractivity contribution in [2.75, 3.05) is 7.11 Å². The second-order valence-electron chi connectivity index (χ2n) is 5.06. The van der Waals surface area contributed by atoms with E-state index >= 15 is 0 Å². The molecule has 5 heteroatoms. The van der Waals surface area contributed by atoms with E-state index in [1.807, 2.05) is 13.8 Å². The molecular weight excluding hydrogens is 307 g/mol. The van der Waals surface area contributed by atoms with Gasteiger partial charge in [0, 0.05) is 5.54 Å². The van der Waals surface area contributed by atoms with Crippen molar-refractivity contribution in [3.8, 4) is 0 Å². The molecule has 0 bridgehead atoms. The van der Waals surface area contributed by atoms with E-state index < -0.39 is 14.5 Å². The highest BCUT2D eigenvalue weighted by Crippen LogP contribution is 2.41. The average Bonchev–Trinajstić information content (AvgIpc) is 1.97. The van der Waals surface area contributed by atoms with Gasteiger partial charge in [-0.3, -0.25) is 4.79 Å². The van der Waals surface area contributed by atoms with Gasteiger partial charge < -0.3 is 16.2 Å². The van der Waals surface area contributed by atoms with Crippen LogP contribution in [0.2, 0.25) is 0 Å². The lowest BCUT2D eigenvalue weighted by Gasteiger charge is -2.41. The van der Waals surface area contributed by atoms with Crippen LogP contribution in [0.5, 0.6) is 0 Å². The lowest BCUT2D eigenvalue weighted by molar-refractivity contribution is -0.154. The number of carbonyl (C=O) groups is 1. The minimum Gasteiger partial charge on any atom is -0.469 e. The number of halogens is 1. The van der Waals surface area contributed by atoms with Crippen molar-refractivity contribution in [1.29, 1.82) is 0 Å². The maximum absolute atomic E-state index is 11.8. The van der Waals surface area contributed by atoms with Crippen molar-refractivity contribution in [2.24, 2.45) is 16.9 Å². The van der Waals surface area contributed by atoms with E-state index in [1.165, 1.54) is 7.11 Å². The molecule has 0 heterocycles. The Kier molecular flexibility index (Phi) is 4.58. The maximum Gasteiger partial charge on any atom is 0.314 e. The third-order valence-electron chi connectivity index (χ3n) is 2.52. The number of ether oxygens (including phenoxy) is 1. The van der Waals surface area contributed by atoms with Crippen molar-refractivity contribution < 1.29 is 9.53 Å². The number of hydrogen-bond acceptors (Lipinski definition) is 4. The first-order valence-corrected chi connectivity index (χ1v) is 5.87. The van der Waals surface area contributed by atoms with E-state index in [1.54, 1.807) is 13.8 Å². The highest BCUT2D eigenvalue weighted by Gasteiger charge is 2.49. The van der Waals surface area contributed by atoms with Gasteiger partial charge in [-0.25, -0.2) is 0 Å². The lowest BCUT2D eigenvalue weighted by atomic mass is 9.74. The van der Waals surface area contributed by atoms with Crippen molar-refractivity contribution in [2.45, 2.75) is 43.2 Å². The van der Waals surface area contributed by atoms with Crippen molar-refractivity contribution in [3.63, 3.8) is 0 Å². The van der Waals surface area contributed by atoms with Crippen LogP contribution >= 0.6 is 22.6 Å². The smallest absolute Gasteiger partial charge is 0.314 e. The second kappa shape index (κ2) is 4.55. The van der Waals surface area contributed by atoms with Gasteiger partial charge in [-0.2, -0.15) is 0 Å². The molecule has 0 aromatic carbocycles. The van der Waals surface area contributed by atoms with Crippen LogP contribution in [-0.2, 0) is 9.53 Å². The van der Waals surface area contributed by atoms with Crippen LogP contribution < -0.4 is 11.5 Å². The summed E-state index contributed by atoms with van der Waals surface area (Å²) in [5.41, 5.74) is 10.7. The highest BCUT2D eigenvalue weighted by atomic mass is 127. The quantitative estimate of drug-likeness (QED) is 0.354. The van der Waals surface area contributed by atoms with Crippen LogP contribution in [0.3, 0.4) is 0 Å². The van der Waals surface area contributed by atoms with Gasteiger partial charge >= 0.3 is 5.97 Å². The maximum atomic E-state index is 11.8. The Morgan fingerprint density at radius 3 is 1.87 bits per heavy atom. The monoisotopic (exact) mass is 328 g/mol. The molecule has 0 aliphatic heterocycles. The highest BCUT2D eigenvalue weighted by molar-refractivity contribution is 14.1. The Bertz CT molecular complexity index is 243. The third kappa shape index (κ3) is 3.88. The molecule has 4 nitrogen and oxygen atoms in total. The minimum atomic E-state index is -0.791. The van der Waals surface area contributed by atoms with E-state index in [2.05, 4.69) is 22.6 Å². The van der Waals surface area contributed by atoms with E-state index in [9.17, 15) is 4.79 Å². The van der Waals surface area contributed by atoms with Gasteiger partial charge in [-0.05, 0) is 34.1 Å². The summed E-state index contributed by atoms with van der Waals surface area (Å²) >= 11 is 2.06. The topological polar surface area (TPSA) is 78.3 Å². The first-order valence-electron chi connectivity index (χ1n) is 4.79. The molecule has 0 radical (unpaired) electrons. The number of methoxy groups -OCH3 is 1. The summed E-state index contributed by atoms with van der Waals surface area (Å²) in [4.78, 5) is 11.8. The SMILES string of the molecule is COC(=O)C(C)(CC(C)(C)N)C(C)(N)I. The van der Waals surface area contributed by atoms with Crippen LogP contribution in [0.15, 0.2) is 0 Å². The van der Waals surface area contributed by atoms with E-state index in [0.29, 0.717) is 6.42 Å². The van der Waals surface area contributed by atoms with Gasteiger partial charge in [0.05, 0.1) is 16.1 Å². The summed E-state index contributed by atoms with van der Waals surface area (Å²) in [5.74, 6) is -0.319. The van der Waals surface area contributed by atoms with Gasteiger partial charge in [0.1, 0.15) is 0 Å². The fourth-order valence-electron chi connectivity index (χ4n) is 1.58. The molecule has 0 rings (SSSR count). The number of hydrogen-bond donors (Lipinski definition) is 2. The molecule has 0 spiro atoms. The Morgan fingerprint density at radius 2 is 1.67 bits per heavy atom. The molecule has 0 aromatic rings. The molecule has 0 aliphatic carbocycles. The van der Waals surface area contributed by atoms with Gasteiger partial charge in [0.25, 0.3) is 0 Å². The molecule has 0 aromatic heterocycles. The summed E-state index contributed by atoms with van der Waals surface area (Å²) < 4.78 is 4.11. The van der Waals surface area contributed by atoms with Gasteiger partial charge in [0.15, 0.2) is 0 Å². The fourth-order valence-corrected chi connectivity index (χ4v) is 1.99. The summed E-state index contributed by atoms with van der Waals surface area (Å²) in [6.45, 7) is 7.34. The Morgan fingerprint density at radius 1 is 1.27 bits per heavy atom. The van der Waals surface area contributed by atoms with Gasteiger partial charge in [0.2, 0.25) is 0 Å². The first-order chi connectivity index (χ1) is 6.44. The molecule has 2 atom stereocenters. The molecule has 0 aliphatic rings. The molecule has 90 valence electrons. The lowest BCUT2D eigenvalue weighted by Crippen LogP contribution is -2.56. The van der Waals surface area contributed by atoms with Crippen LogP contribution in [0.1, 0.15) is 34.1 Å². The Balaban J connectivity index is 5.14. The zero-order valence-corrected chi connectivity index (χ0v) is 12.2. The number of nitrogens with two attached hydrogens (primary N) is 2. The zero-order chi connectivity index (χ0) is 12.5. The number of esters is 1. The number of carbonyl (C=O) groups excluding carboxylic acids is 1. The molecule has 4 N–H and O–H groups in total. The average molecular weight is 328 g/mol. The fraction of sp³-hybridized carbons (Fsp3) is 0.900. The number of alkyl halides is 1. The summed E-state index contributed by atoms with van der Waals surface area (Å²) in [6.07, 6.45) is 0.475. The van der Waals surface area contributed by atoms with Crippen LogP contribution in [0, 0.1) is 5.41 Å². The predicted molar refractivity (Wildman–Crippen MR) is 69.6 cm³/mol. The van der Waals surface area contributed by atoms with Gasteiger partial charge in [-0.1, -0.05) is 22.6 Å². The Hall–Kier alpha value is 0.120. The van der Waals surface area contributed by atoms with Crippen LogP contribution in [-0.4, -0.2) is 22.2 Å². The van der Waals surface area contributed by atoms with E-state index in [4.69, 9.17) is 16.2 Å². The van der Waals surface area contributed by atoms with Crippen molar-refractivity contribution in [1.82, 2.24) is 0 Å². The molecule has 0 saturated carbocycles. The zero-order valence-electron chi connectivity index (χ0n) is 10.1. The number of rotatable bonds is 4. The van der Waals surface area contributed by atoms with E-state index in [0.717, 1.165) is 0 Å². The molecule has 15 heavy (non-hydrogen) atoms. The van der Waals surface area contributed by atoms with Crippen LogP contribution in [0.25, 0.3) is 0 Å². The minimum absolute atomic E-state index is 0.319. The molecule has 0 saturated heterocycles. The second-order valence-corrected chi connectivity index (χ2v) is 7.31. The Labute approximate surface area is 105 Å². The van der Waals surface area contributed by atoms with Gasteiger partial charge in [-0.15, -0.1) is 0 Å². The van der Waals surface area contributed by atoms with Crippen LogP contribution in [0.4, 0.5) is 0 Å². The van der Waals surface area contributed by atoms with E-state index in [-0.39, 0.29) is 5.97 Å². The molecule has 0 fully saturated rings. The molecule has 0 amide bonds. The normalized spacial score (nSPS) is 20.3. The third-order valence-corrected chi connectivity index (χ3v) is 3.71. The largest absolute Gasteiger partial charge is 0.469 e. The molecular formula is C10H21IN2O2. The summed E-state index contributed by atoms with van der Waals surface area (Å²) in [5, 5.41) is 0. The van der Waals surface area contributed by atoms with Crippen molar-refractivity contribution >= 4 is 28.6 Å². The first kappa shape index (κ1) is 15.1. The summed E-state index contributed by atoms with van der Waals surface area (Å²) in [7, 11) is 1.37. The predicted octanol–water partition coefficient (Wildman–Crippen LogP) is 1.40. The molecule has 2 unspecified atom stereocenters. The van der Waals surface area contributed by atoms with Crippen molar-refractivity contribution in [3.05, 3.63) is 0 Å². The standard InChI is InChI=1S/C10H21IN2O2/c1-8(2,12)6-9(3,7(14)15-5)10(4,11)13/h6,12-13H2,1-5H3. The summed E-state index contributed by atoms with van der Waals surface area (Å²) in [6, 6.07) is 0.